The molecule has 17 heavy (non-hydrogen) atoms. The van der Waals surface area contributed by atoms with Gasteiger partial charge in [-0.1, -0.05) is 36.7 Å². The van der Waals surface area contributed by atoms with Crippen LogP contribution >= 0.6 is 31.9 Å². The second-order valence-electron chi connectivity index (χ2n) is 5.00. The van der Waals surface area contributed by atoms with Gasteiger partial charge < -0.3 is 10.1 Å². The summed E-state index contributed by atoms with van der Waals surface area (Å²) in [6.07, 6.45) is 1.65. The Hall–Kier alpha value is -0.430. The van der Waals surface area contributed by atoms with Gasteiger partial charge in [0.05, 0.1) is 17.8 Å². The van der Waals surface area contributed by atoms with Crippen molar-refractivity contribution in [3.05, 3.63) is 20.8 Å². The first-order valence-electron chi connectivity index (χ1n) is 5.19. The standard InChI is InChI=1S/C10H15Br2N3O2/c1-10(2,3)7(4-11)5-14-6-8(12)9(13-14)15(16)17/h6-7H,4-5H2,1-3H3. The molecule has 0 aliphatic rings. The third kappa shape index (κ3) is 3.77. The fourth-order valence-corrected chi connectivity index (χ4v) is 3.02. The molecule has 0 aliphatic carbocycles. The number of hydrogen-bond acceptors (Lipinski definition) is 3. The van der Waals surface area contributed by atoms with E-state index in [9.17, 15) is 10.1 Å². The van der Waals surface area contributed by atoms with Crippen LogP contribution < -0.4 is 0 Å². The van der Waals surface area contributed by atoms with Crippen molar-refractivity contribution >= 4 is 37.7 Å². The molecule has 96 valence electrons. The topological polar surface area (TPSA) is 61.0 Å². The van der Waals surface area contributed by atoms with Gasteiger partial charge in [-0.15, -0.1) is 0 Å². The molecule has 0 aliphatic heterocycles. The van der Waals surface area contributed by atoms with Gasteiger partial charge in [-0.2, -0.15) is 4.68 Å². The molecule has 1 aromatic heterocycles. The molecule has 1 rings (SSSR count). The largest absolute Gasteiger partial charge is 0.404 e. The lowest BCUT2D eigenvalue weighted by molar-refractivity contribution is -0.390. The van der Waals surface area contributed by atoms with Gasteiger partial charge in [0, 0.05) is 5.33 Å². The smallest absolute Gasteiger partial charge is 0.358 e. The minimum atomic E-state index is -0.485. The van der Waals surface area contributed by atoms with E-state index in [4.69, 9.17) is 0 Å². The summed E-state index contributed by atoms with van der Waals surface area (Å²) < 4.78 is 2.05. The zero-order valence-electron chi connectivity index (χ0n) is 9.98. The molecule has 0 aromatic carbocycles. The van der Waals surface area contributed by atoms with Gasteiger partial charge in [-0.05, 0) is 32.2 Å². The maximum absolute atomic E-state index is 10.7. The summed E-state index contributed by atoms with van der Waals surface area (Å²) in [5.74, 6) is 0.223. The normalized spacial score (nSPS) is 13.7. The number of aromatic nitrogens is 2. The first kappa shape index (κ1) is 14.6. The van der Waals surface area contributed by atoms with Crippen molar-refractivity contribution in [1.29, 1.82) is 0 Å². The zero-order valence-corrected chi connectivity index (χ0v) is 13.2. The summed E-state index contributed by atoms with van der Waals surface area (Å²) in [7, 11) is 0. The Bertz CT molecular complexity index is 412. The van der Waals surface area contributed by atoms with Crippen molar-refractivity contribution in [1.82, 2.24) is 9.78 Å². The molecule has 7 heteroatoms. The summed E-state index contributed by atoms with van der Waals surface area (Å²) >= 11 is 6.62. The van der Waals surface area contributed by atoms with E-state index in [1.54, 1.807) is 10.9 Å². The van der Waals surface area contributed by atoms with Crippen molar-refractivity contribution in [2.45, 2.75) is 27.3 Å². The van der Waals surface area contributed by atoms with E-state index >= 15 is 0 Å². The summed E-state index contributed by atoms with van der Waals surface area (Å²) in [4.78, 5) is 10.2. The summed E-state index contributed by atoms with van der Waals surface area (Å²) in [5.41, 5.74) is 0.122. The monoisotopic (exact) mass is 367 g/mol. The molecule has 1 unspecified atom stereocenters. The first-order chi connectivity index (χ1) is 7.75. The molecular weight excluding hydrogens is 354 g/mol. The Morgan fingerprint density at radius 1 is 1.59 bits per heavy atom. The van der Waals surface area contributed by atoms with Gasteiger partial charge in [-0.25, -0.2) is 0 Å². The third-order valence-electron chi connectivity index (χ3n) is 2.69. The molecule has 0 radical (unpaired) electrons. The number of alkyl halides is 1. The van der Waals surface area contributed by atoms with Gasteiger partial charge in [0.1, 0.15) is 4.47 Å². The van der Waals surface area contributed by atoms with Gasteiger partial charge in [-0.3, -0.25) is 0 Å². The van der Waals surface area contributed by atoms with Gasteiger partial charge in [0.15, 0.2) is 0 Å². The molecule has 0 saturated carbocycles. The van der Waals surface area contributed by atoms with E-state index in [1.165, 1.54) is 0 Å². The molecule has 0 spiro atoms. The average Bonchev–Trinajstić information content (AvgIpc) is 2.54. The van der Waals surface area contributed by atoms with Crippen molar-refractivity contribution in [3.63, 3.8) is 0 Å². The molecule has 0 N–H and O–H groups in total. The van der Waals surface area contributed by atoms with Crippen molar-refractivity contribution in [2.24, 2.45) is 11.3 Å². The van der Waals surface area contributed by atoms with E-state index in [1.807, 2.05) is 0 Å². The first-order valence-corrected chi connectivity index (χ1v) is 7.10. The number of nitro groups is 1. The predicted octanol–water partition coefficient (Wildman–Crippen LogP) is 3.61. The number of nitrogens with zero attached hydrogens (tertiary/aromatic N) is 3. The van der Waals surface area contributed by atoms with E-state index in [0.717, 1.165) is 5.33 Å². The Morgan fingerprint density at radius 2 is 2.18 bits per heavy atom. The Balaban J connectivity index is 2.88. The van der Waals surface area contributed by atoms with Crippen molar-refractivity contribution in [2.75, 3.05) is 5.33 Å². The lowest BCUT2D eigenvalue weighted by atomic mass is 9.82. The van der Waals surface area contributed by atoms with Crippen molar-refractivity contribution < 1.29 is 4.92 Å². The maximum atomic E-state index is 10.7. The van der Waals surface area contributed by atoms with Crippen molar-refractivity contribution in [3.8, 4) is 0 Å². The van der Waals surface area contributed by atoms with Crippen LogP contribution in [-0.4, -0.2) is 20.0 Å². The van der Waals surface area contributed by atoms with E-state index in [0.29, 0.717) is 16.9 Å². The summed E-state index contributed by atoms with van der Waals surface area (Å²) in [5, 5.41) is 15.5. The predicted molar refractivity (Wildman–Crippen MR) is 73.3 cm³/mol. The molecule has 1 atom stereocenters. The Kier molecular flexibility index (Phi) is 4.71. The molecular formula is C10H15Br2N3O2. The van der Waals surface area contributed by atoms with Crippen LogP contribution in [0.25, 0.3) is 0 Å². The molecule has 1 aromatic rings. The van der Waals surface area contributed by atoms with E-state index in [2.05, 4.69) is 57.7 Å². The van der Waals surface area contributed by atoms with Crippen LogP contribution in [0.4, 0.5) is 5.82 Å². The highest BCUT2D eigenvalue weighted by molar-refractivity contribution is 9.10. The van der Waals surface area contributed by atoms with Crippen LogP contribution in [0.15, 0.2) is 10.7 Å². The van der Waals surface area contributed by atoms with Crippen LogP contribution in [0.1, 0.15) is 20.8 Å². The maximum Gasteiger partial charge on any atom is 0.404 e. The Labute approximate surface area is 117 Å². The highest BCUT2D eigenvalue weighted by Crippen LogP contribution is 2.30. The summed E-state index contributed by atoms with van der Waals surface area (Å²) in [6.45, 7) is 7.09. The molecule has 0 fully saturated rings. The molecule has 0 saturated heterocycles. The van der Waals surface area contributed by atoms with Gasteiger partial charge >= 0.3 is 5.82 Å². The third-order valence-corrected chi connectivity index (χ3v) is 4.03. The lowest BCUT2D eigenvalue weighted by Gasteiger charge is -2.28. The number of rotatable bonds is 4. The second kappa shape index (κ2) is 5.48. The minimum absolute atomic E-state index is 0.122. The highest BCUT2D eigenvalue weighted by atomic mass is 79.9. The van der Waals surface area contributed by atoms with Crippen LogP contribution in [-0.2, 0) is 6.54 Å². The second-order valence-corrected chi connectivity index (χ2v) is 6.50. The lowest BCUT2D eigenvalue weighted by Crippen LogP contribution is -2.26. The number of halogens is 2. The van der Waals surface area contributed by atoms with Gasteiger partial charge in [0.2, 0.25) is 0 Å². The van der Waals surface area contributed by atoms with Gasteiger partial charge in [0.25, 0.3) is 0 Å². The number of hydrogen-bond donors (Lipinski definition) is 0. The van der Waals surface area contributed by atoms with Crippen LogP contribution in [0.5, 0.6) is 0 Å². The van der Waals surface area contributed by atoms with Crippen LogP contribution in [0, 0.1) is 21.4 Å². The molecule has 1 heterocycles. The van der Waals surface area contributed by atoms with Crippen LogP contribution in [0.2, 0.25) is 0 Å². The Morgan fingerprint density at radius 3 is 2.53 bits per heavy atom. The molecule has 0 bridgehead atoms. The fraction of sp³-hybridized carbons (Fsp3) is 0.700. The van der Waals surface area contributed by atoms with E-state index in [-0.39, 0.29) is 11.2 Å². The fourth-order valence-electron chi connectivity index (χ4n) is 1.38. The molecule has 5 nitrogen and oxygen atoms in total. The van der Waals surface area contributed by atoms with E-state index < -0.39 is 4.92 Å². The zero-order chi connectivity index (χ0) is 13.2. The quantitative estimate of drug-likeness (QED) is 0.463. The SMILES string of the molecule is CC(C)(C)C(CBr)Cn1cc(Br)c([N+](=O)[O-])n1. The molecule has 0 amide bonds. The highest BCUT2D eigenvalue weighted by Gasteiger charge is 2.27. The average molecular weight is 369 g/mol. The van der Waals surface area contributed by atoms with Crippen LogP contribution in [0.3, 0.4) is 0 Å². The summed E-state index contributed by atoms with van der Waals surface area (Å²) in [6, 6.07) is 0. The minimum Gasteiger partial charge on any atom is -0.358 e.